The Hall–Kier alpha value is -4.20. The molecule has 0 aliphatic carbocycles. The number of nitrogens with two attached hydrogens (primary N) is 1. The van der Waals surface area contributed by atoms with Crippen LogP contribution in [0.3, 0.4) is 0 Å². The zero-order valence-corrected chi connectivity index (χ0v) is 18.2. The van der Waals surface area contributed by atoms with Gasteiger partial charge in [0.1, 0.15) is 18.2 Å². The molecule has 0 aromatic heterocycles. The topological polar surface area (TPSA) is 114 Å². The zero-order valence-electron chi connectivity index (χ0n) is 18.2. The molecule has 4 N–H and O–H groups in total. The summed E-state index contributed by atoms with van der Waals surface area (Å²) in [4.78, 5) is 25.0. The number of hydrogen-bond acceptors (Lipinski definition) is 5. The standard InChI is InChI=1S/C25H24FN3O4/c1-25(2,23(31)32-15-16-3-9-19(26)10-4-16)18-7-13-21(14-8-18)33-22(30)17-5-11-20(12-6-17)29-24(27)28/h3-14H,15H2,1-2H3,(H4,27,28,29). The Morgan fingerprint density at radius 2 is 1.58 bits per heavy atom. The first-order chi connectivity index (χ1) is 15.6. The molecule has 33 heavy (non-hydrogen) atoms. The molecule has 0 amide bonds. The fourth-order valence-electron chi connectivity index (χ4n) is 2.98. The molecule has 0 aliphatic heterocycles. The average Bonchev–Trinajstić information content (AvgIpc) is 2.79. The van der Waals surface area contributed by atoms with Crippen molar-refractivity contribution >= 4 is 23.6 Å². The fourth-order valence-corrected chi connectivity index (χ4v) is 2.98. The van der Waals surface area contributed by atoms with E-state index in [2.05, 4.69) is 5.32 Å². The van der Waals surface area contributed by atoms with Crippen molar-refractivity contribution in [1.29, 1.82) is 5.41 Å². The van der Waals surface area contributed by atoms with Crippen LogP contribution in [0.25, 0.3) is 0 Å². The maximum absolute atomic E-state index is 13.0. The van der Waals surface area contributed by atoms with Crippen molar-refractivity contribution in [3.8, 4) is 5.75 Å². The number of ether oxygens (including phenoxy) is 2. The number of rotatable bonds is 7. The van der Waals surface area contributed by atoms with Crippen LogP contribution in [0.5, 0.6) is 5.75 Å². The Kier molecular flexibility index (Phi) is 7.07. The third-order valence-electron chi connectivity index (χ3n) is 4.98. The van der Waals surface area contributed by atoms with Crippen LogP contribution in [0.2, 0.25) is 0 Å². The number of carbonyl (C=O) groups excluding carboxylic acids is 2. The Balaban J connectivity index is 1.60. The van der Waals surface area contributed by atoms with Crippen molar-refractivity contribution in [1.82, 2.24) is 0 Å². The van der Waals surface area contributed by atoms with Gasteiger partial charge < -0.3 is 20.5 Å². The van der Waals surface area contributed by atoms with Crippen LogP contribution < -0.4 is 15.8 Å². The number of nitrogens with one attached hydrogen (secondary N) is 2. The van der Waals surface area contributed by atoms with E-state index in [1.54, 1.807) is 74.5 Å². The highest BCUT2D eigenvalue weighted by molar-refractivity contribution is 5.93. The number of esters is 2. The predicted molar refractivity (Wildman–Crippen MR) is 123 cm³/mol. The normalized spacial score (nSPS) is 10.9. The Morgan fingerprint density at radius 3 is 2.15 bits per heavy atom. The van der Waals surface area contributed by atoms with E-state index in [1.165, 1.54) is 12.1 Å². The number of carbonyl (C=O) groups is 2. The third-order valence-corrected chi connectivity index (χ3v) is 4.98. The van der Waals surface area contributed by atoms with E-state index in [0.29, 0.717) is 28.1 Å². The van der Waals surface area contributed by atoms with Crippen LogP contribution in [0.4, 0.5) is 10.1 Å². The van der Waals surface area contributed by atoms with Crippen molar-refractivity contribution in [3.05, 3.63) is 95.3 Å². The highest BCUT2D eigenvalue weighted by atomic mass is 19.1. The highest BCUT2D eigenvalue weighted by Gasteiger charge is 2.31. The number of guanidine groups is 1. The Bertz CT molecular complexity index is 1140. The SMILES string of the molecule is CC(C)(C(=O)OCc1ccc(F)cc1)c1ccc(OC(=O)c2ccc(NC(=N)N)cc2)cc1. The second kappa shape index (κ2) is 9.95. The highest BCUT2D eigenvalue weighted by Crippen LogP contribution is 2.27. The quantitative estimate of drug-likeness (QED) is 0.214. The molecule has 3 aromatic carbocycles. The molecule has 7 nitrogen and oxygen atoms in total. The van der Waals surface area contributed by atoms with Crippen molar-refractivity contribution in [2.75, 3.05) is 5.32 Å². The van der Waals surface area contributed by atoms with Gasteiger partial charge in [0.2, 0.25) is 0 Å². The Labute approximate surface area is 190 Å². The van der Waals surface area contributed by atoms with Gasteiger partial charge in [-0.2, -0.15) is 0 Å². The van der Waals surface area contributed by atoms with Gasteiger partial charge in [0, 0.05) is 5.69 Å². The maximum atomic E-state index is 13.0. The lowest BCUT2D eigenvalue weighted by atomic mass is 9.85. The minimum Gasteiger partial charge on any atom is -0.460 e. The number of halogens is 1. The second-order valence-electron chi connectivity index (χ2n) is 7.86. The second-order valence-corrected chi connectivity index (χ2v) is 7.86. The van der Waals surface area contributed by atoms with Crippen molar-refractivity contribution in [2.24, 2.45) is 5.73 Å². The summed E-state index contributed by atoms with van der Waals surface area (Å²) in [6.07, 6.45) is 0. The van der Waals surface area contributed by atoms with Crippen LogP contribution in [0.15, 0.2) is 72.8 Å². The number of anilines is 1. The minimum atomic E-state index is -0.942. The molecule has 8 heteroatoms. The first-order valence-corrected chi connectivity index (χ1v) is 10.1. The molecule has 0 radical (unpaired) electrons. The summed E-state index contributed by atoms with van der Waals surface area (Å²) in [5.41, 5.74) is 6.62. The Morgan fingerprint density at radius 1 is 0.970 bits per heavy atom. The minimum absolute atomic E-state index is 0.0406. The van der Waals surface area contributed by atoms with Gasteiger partial charge in [-0.3, -0.25) is 10.2 Å². The molecule has 0 heterocycles. The van der Waals surface area contributed by atoms with E-state index < -0.39 is 17.4 Å². The zero-order chi connectivity index (χ0) is 24.0. The number of hydrogen-bond donors (Lipinski definition) is 3. The molecule has 0 aliphatic rings. The van der Waals surface area contributed by atoms with Gasteiger partial charge in [0.15, 0.2) is 5.96 Å². The largest absolute Gasteiger partial charge is 0.460 e. The molecule has 0 fully saturated rings. The van der Waals surface area contributed by atoms with Crippen LogP contribution in [0, 0.1) is 11.2 Å². The van der Waals surface area contributed by atoms with E-state index in [-0.39, 0.29) is 18.4 Å². The molecule has 0 atom stereocenters. The van der Waals surface area contributed by atoms with Crippen LogP contribution in [-0.4, -0.2) is 17.9 Å². The fraction of sp³-hybridized carbons (Fsp3) is 0.160. The molecule has 170 valence electrons. The van der Waals surface area contributed by atoms with E-state index >= 15 is 0 Å². The van der Waals surface area contributed by atoms with Gasteiger partial charge in [-0.15, -0.1) is 0 Å². The van der Waals surface area contributed by atoms with E-state index in [0.717, 1.165) is 0 Å². The predicted octanol–water partition coefficient (Wildman–Crippen LogP) is 4.37. The summed E-state index contributed by atoms with van der Waals surface area (Å²) >= 11 is 0. The van der Waals surface area contributed by atoms with Gasteiger partial charge in [-0.25, -0.2) is 9.18 Å². The molecule has 3 aromatic rings. The molecular weight excluding hydrogens is 425 g/mol. The van der Waals surface area contributed by atoms with Gasteiger partial charge in [-0.1, -0.05) is 24.3 Å². The molecule has 0 saturated heterocycles. The number of benzene rings is 3. The van der Waals surface area contributed by atoms with Crippen molar-refractivity contribution < 1.29 is 23.5 Å². The molecule has 3 rings (SSSR count). The summed E-state index contributed by atoms with van der Waals surface area (Å²) in [6, 6.07) is 18.7. The lowest BCUT2D eigenvalue weighted by molar-refractivity contribution is -0.150. The van der Waals surface area contributed by atoms with E-state index in [4.69, 9.17) is 20.6 Å². The molecule has 0 saturated carbocycles. The van der Waals surface area contributed by atoms with Crippen molar-refractivity contribution in [3.63, 3.8) is 0 Å². The summed E-state index contributed by atoms with van der Waals surface area (Å²) in [5, 5.41) is 9.84. The van der Waals surface area contributed by atoms with Gasteiger partial charge in [-0.05, 0) is 73.5 Å². The van der Waals surface area contributed by atoms with Gasteiger partial charge in [0.25, 0.3) is 0 Å². The first-order valence-electron chi connectivity index (χ1n) is 10.1. The van der Waals surface area contributed by atoms with E-state index in [1.807, 2.05) is 0 Å². The lowest BCUT2D eigenvalue weighted by Crippen LogP contribution is -2.31. The van der Waals surface area contributed by atoms with E-state index in [9.17, 15) is 14.0 Å². The molecular formula is C25H24FN3O4. The van der Waals surface area contributed by atoms with Crippen molar-refractivity contribution in [2.45, 2.75) is 25.9 Å². The smallest absolute Gasteiger partial charge is 0.343 e. The molecule has 0 bridgehead atoms. The first kappa shape index (κ1) is 23.5. The third kappa shape index (κ3) is 6.16. The summed E-state index contributed by atoms with van der Waals surface area (Å²) < 4.78 is 23.8. The molecule has 0 spiro atoms. The van der Waals surface area contributed by atoms with Gasteiger partial charge >= 0.3 is 11.9 Å². The monoisotopic (exact) mass is 449 g/mol. The van der Waals surface area contributed by atoms with Gasteiger partial charge in [0.05, 0.1) is 11.0 Å². The summed E-state index contributed by atoms with van der Waals surface area (Å²) in [6.45, 7) is 3.51. The summed E-state index contributed by atoms with van der Waals surface area (Å²) in [7, 11) is 0. The maximum Gasteiger partial charge on any atom is 0.343 e. The van der Waals surface area contributed by atoms with Crippen LogP contribution >= 0.6 is 0 Å². The summed E-state index contributed by atoms with van der Waals surface area (Å²) in [5.74, 6) is -1.21. The van der Waals surface area contributed by atoms with Crippen LogP contribution in [-0.2, 0) is 21.6 Å². The van der Waals surface area contributed by atoms with Crippen LogP contribution in [0.1, 0.15) is 35.3 Å². The lowest BCUT2D eigenvalue weighted by Gasteiger charge is -2.23. The molecule has 0 unspecified atom stereocenters. The average molecular weight is 449 g/mol.